The number of thiocarbonyl (C=S) groups is 1. The standard InChI is InChI=1S/C13H14Cl4N4O2S/c1-7(22)18-8-2-4-9(5-3-8)19-12(24)21-11(13(15,16)17)20-10(23)6-14/h2-5,11H,6H2,1H3,(H,18,22)(H,20,23)(H2,19,21,24)/t11-/m1/s1. The first kappa shape index (κ1) is 21.1. The van der Waals surface area contributed by atoms with Gasteiger partial charge in [-0.25, -0.2) is 0 Å². The van der Waals surface area contributed by atoms with Gasteiger partial charge in [-0.1, -0.05) is 34.8 Å². The van der Waals surface area contributed by atoms with E-state index in [1.165, 1.54) is 6.92 Å². The van der Waals surface area contributed by atoms with E-state index in [0.717, 1.165) is 0 Å². The van der Waals surface area contributed by atoms with E-state index in [4.69, 9.17) is 58.6 Å². The summed E-state index contributed by atoms with van der Waals surface area (Å²) in [4.78, 5) is 22.3. The molecule has 0 aliphatic rings. The van der Waals surface area contributed by atoms with Crippen molar-refractivity contribution in [3.8, 4) is 0 Å². The zero-order chi connectivity index (χ0) is 18.3. The SMILES string of the molecule is CC(=O)Nc1ccc(NC(=S)N[C@@H](NC(=O)CCl)C(Cl)(Cl)Cl)cc1. The highest BCUT2D eigenvalue weighted by molar-refractivity contribution is 7.80. The number of hydrogen-bond donors (Lipinski definition) is 4. The number of nitrogens with one attached hydrogen (secondary N) is 4. The third kappa shape index (κ3) is 7.72. The Morgan fingerprint density at radius 1 is 1.08 bits per heavy atom. The Morgan fingerprint density at radius 3 is 2.00 bits per heavy atom. The topological polar surface area (TPSA) is 82.3 Å². The van der Waals surface area contributed by atoms with Crippen molar-refractivity contribution in [3.63, 3.8) is 0 Å². The molecule has 6 nitrogen and oxygen atoms in total. The average Bonchev–Trinajstić information content (AvgIpc) is 2.47. The molecule has 0 spiro atoms. The Labute approximate surface area is 164 Å². The summed E-state index contributed by atoms with van der Waals surface area (Å²) in [6.07, 6.45) is -1.08. The molecule has 0 unspecified atom stereocenters. The van der Waals surface area contributed by atoms with Crippen LogP contribution >= 0.6 is 58.6 Å². The molecule has 0 saturated heterocycles. The number of amides is 2. The number of carbonyl (C=O) groups excluding carboxylic acids is 2. The second kappa shape index (κ2) is 9.48. The molecule has 0 aliphatic carbocycles. The molecule has 0 radical (unpaired) electrons. The van der Waals surface area contributed by atoms with Crippen LogP contribution in [0.4, 0.5) is 11.4 Å². The zero-order valence-electron chi connectivity index (χ0n) is 12.3. The summed E-state index contributed by atoms with van der Waals surface area (Å²) >= 11 is 27.9. The van der Waals surface area contributed by atoms with Crippen molar-refractivity contribution in [2.75, 3.05) is 16.5 Å². The largest absolute Gasteiger partial charge is 0.339 e. The molecule has 0 aromatic heterocycles. The van der Waals surface area contributed by atoms with Crippen molar-refractivity contribution < 1.29 is 9.59 Å². The lowest BCUT2D eigenvalue weighted by atomic mass is 10.3. The minimum atomic E-state index is -1.84. The van der Waals surface area contributed by atoms with Gasteiger partial charge in [0.1, 0.15) is 12.0 Å². The Hall–Kier alpha value is -0.990. The molecule has 11 heteroatoms. The highest BCUT2D eigenvalue weighted by Gasteiger charge is 2.34. The quantitative estimate of drug-likeness (QED) is 0.327. The van der Waals surface area contributed by atoms with Crippen LogP contribution in [0, 0.1) is 0 Å². The van der Waals surface area contributed by atoms with Crippen LogP contribution in [0.3, 0.4) is 0 Å². The molecule has 0 fully saturated rings. The van der Waals surface area contributed by atoms with Gasteiger partial charge in [0.25, 0.3) is 0 Å². The van der Waals surface area contributed by atoms with Crippen molar-refractivity contribution in [3.05, 3.63) is 24.3 Å². The minimum Gasteiger partial charge on any atom is -0.339 e. The van der Waals surface area contributed by atoms with Crippen LogP contribution in [0.5, 0.6) is 0 Å². The second-order valence-corrected chi connectivity index (χ2v) is 7.58. The highest BCUT2D eigenvalue weighted by Crippen LogP contribution is 2.29. The summed E-state index contributed by atoms with van der Waals surface area (Å²) in [5.74, 6) is -0.986. The predicted molar refractivity (Wildman–Crippen MR) is 103 cm³/mol. The Bertz CT molecular complexity index is 607. The van der Waals surface area contributed by atoms with Crippen LogP contribution in [0.15, 0.2) is 24.3 Å². The third-order valence-corrected chi connectivity index (χ3v) is 3.61. The number of halogens is 4. The van der Waals surface area contributed by atoms with Gasteiger partial charge in [0.2, 0.25) is 15.6 Å². The number of anilines is 2. The van der Waals surface area contributed by atoms with E-state index in [-0.39, 0.29) is 16.9 Å². The zero-order valence-corrected chi connectivity index (χ0v) is 16.2. The fourth-order valence-electron chi connectivity index (χ4n) is 1.54. The number of hydrogen-bond acceptors (Lipinski definition) is 3. The van der Waals surface area contributed by atoms with Crippen molar-refractivity contribution in [1.82, 2.24) is 10.6 Å². The van der Waals surface area contributed by atoms with Gasteiger partial charge in [-0.15, -0.1) is 11.6 Å². The van der Waals surface area contributed by atoms with Crippen LogP contribution in [-0.4, -0.2) is 32.8 Å². The lowest BCUT2D eigenvalue weighted by molar-refractivity contribution is -0.119. The number of carbonyl (C=O) groups is 2. The normalized spacial score (nSPS) is 12.0. The lowest BCUT2D eigenvalue weighted by Gasteiger charge is -2.27. The highest BCUT2D eigenvalue weighted by atomic mass is 35.6. The number of alkyl halides is 4. The molecule has 0 saturated carbocycles. The maximum absolute atomic E-state index is 11.4. The molecular weight excluding hydrogens is 418 g/mol. The van der Waals surface area contributed by atoms with Crippen molar-refractivity contribution in [1.29, 1.82) is 0 Å². The average molecular weight is 432 g/mol. The van der Waals surface area contributed by atoms with Gasteiger partial charge in [-0.2, -0.15) is 0 Å². The smallest absolute Gasteiger partial charge is 0.236 e. The molecule has 0 bridgehead atoms. The van der Waals surface area contributed by atoms with E-state index >= 15 is 0 Å². The molecule has 24 heavy (non-hydrogen) atoms. The van der Waals surface area contributed by atoms with Crippen LogP contribution in [0.25, 0.3) is 0 Å². The lowest BCUT2D eigenvalue weighted by Crippen LogP contribution is -2.56. The van der Waals surface area contributed by atoms with E-state index in [2.05, 4.69) is 21.3 Å². The van der Waals surface area contributed by atoms with E-state index in [0.29, 0.717) is 11.4 Å². The van der Waals surface area contributed by atoms with Gasteiger partial charge < -0.3 is 21.3 Å². The summed E-state index contributed by atoms with van der Waals surface area (Å²) < 4.78 is -1.84. The van der Waals surface area contributed by atoms with Crippen molar-refractivity contribution in [2.45, 2.75) is 16.9 Å². The fraction of sp³-hybridized carbons (Fsp3) is 0.308. The molecule has 132 valence electrons. The molecule has 1 atom stereocenters. The third-order valence-electron chi connectivity index (χ3n) is 2.49. The summed E-state index contributed by atoms with van der Waals surface area (Å²) in [5, 5.41) is 10.7. The molecule has 1 aromatic rings. The molecule has 1 aromatic carbocycles. The molecule has 4 N–H and O–H groups in total. The van der Waals surface area contributed by atoms with Crippen molar-refractivity contribution >= 4 is 86.9 Å². The first-order valence-electron chi connectivity index (χ1n) is 6.49. The van der Waals surface area contributed by atoms with Gasteiger partial charge in [0, 0.05) is 18.3 Å². The number of rotatable bonds is 5. The van der Waals surface area contributed by atoms with Gasteiger partial charge >= 0.3 is 0 Å². The van der Waals surface area contributed by atoms with E-state index in [1.807, 2.05) is 0 Å². The maximum Gasteiger partial charge on any atom is 0.236 e. The first-order chi connectivity index (χ1) is 11.1. The molecule has 1 rings (SSSR count). The molecule has 0 aliphatic heterocycles. The monoisotopic (exact) mass is 430 g/mol. The van der Waals surface area contributed by atoms with E-state index in [9.17, 15) is 9.59 Å². The molecule has 2 amide bonds. The molecular formula is C13H14Cl4N4O2S. The fourth-order valence-corrected chi connectivity index (χ4v) is 2.18. The summed E-state index contributed by atoms with van der Waals surface area (Å²) in [6.45, 7) is 1.41. The molecule has 0 heterocycles. The Morgan fingerprint density at radius 2 is 1.58 bits per heavy atom. The van der Waals surface area contributed by atoms with Gasteiger partial charge in [0.05, 0.1) is 0 Å². The van der Waals surface area contributed by atoms with Crippen LogP contribution in [0.1, 0.15) is 6.92 Å². The minimum absolute atomic E-state index is 0.119. The predicted octanol–water partition coefficient (Wildman–Crippen LogP) is 2.98. The first-order valence-corrected chi connectivity index (χ1v) is 8.56. The van der Waals surface area contributed by atoms with Gasteiger partial charge in [0.15, 0.2) is 5.11 Å². The summed E-state index contributed by atoms with van der Waals surface area (Å²) in [7, 11) is 0. The summed E-state index contributed by atoms with van der Waals surface area (Å²) in [5.41, 5.74) is 1.27. The maximum atomic E-state index is 11.4. The Balaban J connectivity index is 2.68. The van der Waals surface area contributed by atoms with Crippen molar-refractivity contribution in [2.24, 2.45) is 0 Å². The summed E-state index contributed by atoms with van der Waals surface area (Å²) in [6, 6.07) is 6.77. The van der Waals surface area contributed by atoms with Crippen LogP contribution < -0.4 is 21.3 Å². The van der Waals surface area contributed by atoms with Crippen LogP contribution in [0.2, 0.25) is 0 Å². The van der Waals surface area contributed by atoms with Gasteiger partial charge in [-0.05, 0) is 36.5 Å². The number of benzene rings is 1. The van der Waals surface area contributed by atoms with Gasteiger partial charge in [-0.3, -0.25) is 9.59 Å². The second-order valence-electron chi connectivity index (χ2n) is 4.53. The Kier molecular flexibility index (Phi) is 8.32. The van der Waals surface area contributed by atoms with Crippen LogP contribution in [-0.2, 0) is 9.59 Å². The van der Waals surface area contributed by atoms with E-state index < -0.39 is 15.9 Å². The van der Waals surface area contributed by atoms with E-state index in [1.54, 1.807) is 24.3 Å².